The molecule has 1 N–H and O–H groups in total. The first-order valence-corrected chi connectivity index (χ1v) is 7.99. The number of nitrogens with one attached hydrogen (secondary N) is 1. The van der Waals surface area contributed by atoms with Gasteiger partial charge in [0.15, 0.2) is 0 Å². The minimum absolute atomic E-state index is 0.816. The van der Waals surface area contributed by atoms with Gasteiger partial charge in [-0.05, 0) is 42.5 Å². The van der Waals surface area contributed by atoms with Crippen LogP contribution in [0.1, 0.15) is 0 Å². The summed E-state index contributed by atoms with van der Waals surface area (Å²) < 4.78 is 5.21. The van der Waals surface area contributed by atoms with Gasteiger partial charge in [-0.2, -0.15) is 0 Å². The van der Waals surface area contributed by atoms with E-state index in [0.717, 1.165) is 49.8 Å². The van der Waals surface area contributed by atoms with Gasteiger partial charge in [0, 0.05) is 33.4 Å². The molecule has 25 heavy (non-hydrogen) atoms. The van der Waals surface area contributed by atoms with Gasteiger partial charge in [-0.15, -0.1) is 0 Å². The van der Waals surface area contributed by atoms with Crippen molar-refractivity contribution in [3.8, 4) is 5.75 Å². The number of methoxy groups -OCH3 is 1. The number of rotatable bonds is 3. The minimum atomic E-state index is 0.816. The summed E-state index contributed by atoms with van der Waals surface area (Å²) in [6.45, 7) is 0. The molecule has 0 unspecified atom stereocenters. The molecule has 120 valence electrons. The molecule has 0 aliphatic carbocycles. The van der Waals surface area contributed by atoms with Gasteiger partial charge < -0.3 is 10.1 Å². The first kappa shape index (κ1) is 13.9. The number of pyridine rings is 1. The Morgan fingerprint density at radius 3 is 2.32 bits per heavy atom. The molecule has 0 radical (unpaired) electrons. The average Bonchev–Trinajstić information content (AvgIpc) is 2.68. The van der Waals surface area contributed by atoms with Gasteiger partial charge in [0.2, 0.25) is 0 Å². The zero-order chi connectivity index (χ0) is 16.8. The van der Waals surface area contributed by atoms with Crippen molar-refractivity contribution < 1.29 is 4.74 Å². The summed E-state index contributed by atoms with van der Waals surface area (Å²) in [5.74, 6) is 1.64. The highest BCUT2D eigenvalue weighted by Crippen LogP contribution is 2.35. The Balaban J connectivity index is 1.72. The molecule has 2 aromatic heterocycles. The molecular weight excluding hydrogens is 312 g/mol. The van der Waals surface area contributed by atoms with Crippen LogP contribution in [0.4, 0.5) is 11.5 Å². The molecule has 0 saturated heterocycles. The summed E-state index contributed by atoms with van der Waals surface area (Å²) in [5, 5.41) is 7.77. The van der Waals surface area contributed by atoms with Gasteiger partial charge in [-0.25, -0.2) is 15.0 Å². The van der Waals surface area contributed by atoms with E-state index in [9.17, 15) is 0 Å². The predicted molar refractivity (Wildman–Crippen MR) is 99.8 cm³/mol. The van der Waals surface area contributed by atoms with Crippen molar-refractivity contribution in [1.29, 1.82) is 0 Å². The predicted octanol–water partition coefficient (Wildman–Crippen LogP) is 4.52. The summed E-state index contributed by atoms with van der Waals surface area (Å²) in [4.78, 5) is 13.4. The molecule has 5 aromatic rings. The largest absolute Gasteiger partial charge is 0.497 e. The fourth-order valence-corrected chi connectivity index (χ4v) is 3.27. The molecule has 3 aromatic carbocycles. The Morgan fingerprint density at radius 2 is 1.56 bits per heavy atom. The van der Waals surface area contributed by atoms with Crippen LogP contribution in [0.15, 0.2) is 61.1 Å². The SMILES string of the molecule is COc1ccc(Nc2ncc3ccc4ncnc5ccc2c3c45)cc1. The van der Waals surface area contributed by atoms with Gasteiger partial charge in [0.05, 0.1) is 18.1 Å². The number of anilines is 2. The minimum Gasteiger partial charge on any atom is -0.497 e. The van der Waals surface area contributed by atoms with E-state index in [0.29, 0.717) is 0 Å². The molecule has 0 fully saturated rings. The van der Waals surface area contributed by atoms with E-state index in [1.807, 2.05) is 42.6 Å². The molecule has 0 aliphatic rings. The maximum atomic E-state index is 5.21. The van der Waals surface area contributed by atoms with Gasteiger partial charge in [0.1, 0.15) is 17.9 Å². The Labute approximate surface area is 143 Å². The van der Waals surface area contributed by atoms with Crippen molar-refractivity contribution in [1.82, 2.24) is 15.0 Å². The average molecular weight is 326 g/mol. The van der Waals surface area contributed by atoms with Gasteiger partial charge >= 0.3 is 0 Å². The highest BCUT2D eigenvalue weighted by Gasteiger charge is 2.13. The third-order valence-electron chi connectivity index (χ3n) is 4.48. The maximum absolute atomic E-state index is 5.21. The first-order chi connectivity index (χ1) is 12.3. The summed E-state index contributed by atoms with van der Waals surface area (Å²) >= 11 is 0. The number of nitrogens with zero attached hydrogens (tertiary/aromatic N) is 3. The third kappa shape index (κ3) is 2.13. The van der Waals surface area contributed by atoms with E-state index in [1.54, 1.807) is 13.4 Å². The van der Waals surface area contributed by atoms with Crippen LogP contribution in [0.2, 0.25) is 0 Å². The zero-order valence-electron chi connectivity index (χ0n) is 13.5. The lowest BCUT2D eigenvalue weighted by atomic mass is 10.0. The Morgan fingerprint density at radius 1 is 0.800 bits per heavy atom. The highest BCUT2D eigenvalue weighted by molar-refractivity contribution is 6.23. The molecule has 5 nitrogen and oxygen atoms in total. The second-order valence-corrected chi connectivity index (χ2v) is 5.89. The van der Waals surface area contributed by atoms with Crippen molar-refractivity contribution in [3.05, 3.63) is 61.1 Å². The van der Waals surface area contributed by atoms with E-state index >= 15 is 0 Å². The van der Waals surface area contributed by atoms with E-state index in [4.69, 9.17) is 4.74 Å². The molecule has 0 amide bonds. The van der Waals surface area contributed by atoms with Crippen molar-refractivity contribution >= 4 is 44.1 Å². The summed E-state index contributed by atoms with van der Waals surface area (Å²) in [6, 6.07) is 16.0. The molecule has 2 heterocycles. The lowest BCUT2D eigenvalue weighted by molar-refractivity contribution is 0.415. The molecule has 0 saturated carbocycles. The quantitative estimate of drug-likeness (QED) is 0.494. The summed E-state index contributed by atoms with van der Waals surface area (Å²) in [7, 11) is 1.66. The van der Waals surface area contributed by atoms with Gasteiger partial charge in [-0.1, -0.05) is 6.07 Å². The van der Waals surface area contributed by atoms with Crippen LogP contribution < -0.4 is 10.1 Å². The van der Waals surface area contributed by atoms with Crippen LogP contribution in [0.5, 0.6) is 5.75 Å². The molecule has 5 heteroatoms. The Hall–Kier alpha value is -3.47. The number of ether oxygens (including phenoxy) is 1. The van der Waals surface area contributed by atoms with Crippen LogP contribution in [0.3, 0.4) is 0 Å². The molecule has 5 rings (SSSR count). The second kappa shape index (κ2) is 5.27. The molecule has 0 atom stereocenters. The highest BCUT2D eigenvalue weighted by atomic mass is 16.5. The third-order valence-corrected chi connectivity index (χ3v) is 4.48. The summed E-state index contributed by atoms with van der Waals surface area (Å²) in [6.07, 6.45) is 3.50. The van der Waals surface area contributed by atoms with Crippen LogP contribution >= 0.6 is 0 Å². The lowest BCUT2D eigenvalue weighted by Crippen LogP contribution is -1.97. The monoisotopic (exact) mass is 326 g/mol. The number of hydrogen-bond donors (Lipinski definition) is 1. The maximum Gasteiger partial charge on any atom is 0.138 e. The normalized spacial score (nSPS) is 11.4. The zero-order valence-corrected chi connectivity index (χ0v) is 13.5. The van der Waals surface area contributed by atoms with E-state index in [-0.39, 0.29) is 0 Å². The van der Waals surface area contributed by atoms with Crippen LogP contribution in [-0.4, -0.2) is 22.1 Å². The standard InChI is InChI=1S/C20H14N4O/c1-25-14-5-3-13(4-6-14)24-20-15-7-9-17-19-16(22-11-23-17)8-2-12(10-21-20)18(15)19/h2-11H,1H3,(H,21,24). The van der Waals surface area contributed by atoms with Crippen LogP contribution in [0, 0.1) is 0 Å². The van der Waals surface area contributed by atoms with Crippen molar-refractivity contribution in [2.24, 2.45) is 0 Å². The molecule has 0 bridgehead atoms. The molecule has 0 aliphatic heterocycles. The Kier molecular flexibility index (Phi) is 2.94. The van der Waals surface area contributed by atoms with E-state index in [2.05, 4.69) is 32.4 Å². The fraction of sp³-hybridized carbons (Fsp3) is 0.0500. The van der Waals surface area contributed by atoms with Gasteiger partial charge in [0.25, 0.3) is 0 Å². The lowest BCUT2D eigenvalue weighted by Gasteiger charge is -2.13. The van der Waals surface area contributed by atoms with E-state index < -0.39 is 0 Å². The fourth-order valence-electron chi connectivity index (χ4n) is 3.27. The van der Waals surface area contributed by atoms with Crippen molar-refractivity contribution in [2.45, 2.75) is 0 Å². The molecule has 0 spiro atoms. The van der Waals surface area contributed by atoms with E-state index in [1.165, 1.54) is 0 Å². The van der Waals surface area contributed by atoms with Crippen LogP contribution in [0.25, 0.3) is 32.6 Å². The summed E-state index contributed by atoms with van der Waals surface area (Å²) in [5.41, 5.74) is 2.86. The number of aromatic nitrogens is 3. The van der Waals surface area contributed by atoms with Crippen LogP contribution in [-0.2, 0) is 0 Å². The van der Waals surface area contributed by atoms with Gasteiger partial charge in [-0.3, -0.25) is 0 Å². The number of hydrogen-bond acceptors (Lipinski definition) is 5. The topological polar surface area (TPSA) is 59.9 Å². The van der Waals surface area contributed by atoms with Crippen molar-refractivity contribution in [3.63, 3.8) is 0 Å². The smallest absolute Gasteiger partial charge is 0.138 e. The Bertz CT molecular complexity index is 1190. The number of benzene rings is 3. The second-order valence-electron chi connectivity index (χ2n) is 5.89. The van der Waals surface area contributed by atoms with Crippen molar-refractivity contribution in [2.75, 3.05) is 12.4 Å². The first-order valence-electron chi connectivity index (χ1n) is 7.99. The molecular formula is C20H14N4O.